The number of hydrogen-bond acceptors (Lipinski definition) is 4. The summed E-state index contributed by atoms with van der Waals surface area (Å²) in [6.45, 7) is 4.44. The molecule has 0 spiro atoms. The molecule has 0 bridgehead atoms. The molecule has 6 heteroatoms. The van der Waals surface area contributed by atoms with Crippen molar-refractivity contribution in [3.8, 4) is 0 Å². The Hall–Kier alpha value is 2.21. The second-order valence-electron chi connectivity index (χ2n) is 9.52. The molecule has 0 fully saturated rings. The van der Waals surface area contributed by atoms with E-state index in [-0.39, 0.29) is 116 Å². The summed E-state index contributed by atoms with van der Waals surface area (Å²) in [4.78, 5) is 23.4. The Labute approximate surface area is 290 Å². The van der Waals surface area contributed by atoms with Gasteiger partial charge < -0.3 is 19.8 Å². The zero-order chi connectivity index (χ0) is 23.2. The van der Waals surface area contributed by atoms with Gasteiger partial charge in [-0.2, -0.15) is 0 Å². The van der Waals surface area contributed by atoms with Crippen LogP contribution in [0.15, 0.2) is 0 Å². The van der Waals surface area contributed by atoms with Gasteiger partial charge in [-0.05, 0) is 12.8 Å². The van der Waals surface area contributed by atoms with Gasteiger partial charge in [-0.15, -0.1) is 0 Å². The van der Waals surface area contributed by atoms with Crippen LogP contribution in [0, 0.1) is 5.41 Å². The van der Waals surface area contributed by atoms with Gasteiger partial charge in [-0.3, -0.25) is 0 Å². The van der Waals surface area contributed by atoms with Crippen molar-refractivity contribution >= 4 is 11.9 Å². The van der Waals surface area contributed by atoms with E-state index in [0.717, 1.165) is 38.5 Å². The van der Waals surface area contributed by atoms with E-state index in [2.05, 4.69) is 13.8 Å². The second kappa shape index (κ2) is 28.8. The molecule has 0 unspecified atom stereocenters. The van der Waals surface area contributed by atoms with Crippen LogP contribution in [0.25, 0.3) is 0 Å². The summed E-state index contributed by atoms with van der Waals surface area (Å²) < 4.78 is 0. The van der Waals surface area contributed by atoms with Crippen LogP contribution in [-0.4, -0.2) is 11.9 Å². The van der Waals surface area contributed by atoms with E-state index in [1.54, 1.807) is 0 Å². The summed E-state index contributed by atoms with van der Waals surface area (Å²) in [5, 5.41) is 23.4. The minimum Gasteiger partial charge on any atom is -0.549 e. The fourth-order valence-electron chi connectivity index (χ4n) is 4.45. The van der Waals surface area contributed by atoms with Crippen LogP contribution in [0.2, 0.25) is 0 Å². The fraction of sp³-hybridized carbons (Fsp3) is 0.926. The van der Waals surface area contributed by atoms with Crippen LogP contribution >= 0.6 is 0 Å². The van der Waals surface area contributed by atoms with Gasteiger partial charge in [-0.25, -0.2) is 0 Å². The molecule has 184 valence electrons. The summed E-state index contributed by atoms with van der Waals surface area (Å²) >= 11 is 0. The summed E-state index contributed by atoms with van der Waals surface area (Å²) in [5.41, 5.74) is -1.81. The molecular weight excluding hydrogens is 466 g/mol. The standard InChI is InChI=1S/C27H52O4.2K/c1-3-5-7-9-11-13-15-17-19-21-23-27(25(28)29,26(30)31)24-22-20-18-16-14-12-10-8-6-4-2;;/h3-24H2,1-2H3,(H,28,29)(H,30,31);;/q;2*+1/p-2. The molecule has 0 rings (SSSR count). The fourth-order valence-corrected chi connectivity index (χ4v) is 4.45. The third-order valence-electron chi connectivity index (χ3n) is 6.70. The molecule has 0 aliphatic rings. The van der Waals surface area contributed by atoms with Crippen molar-refractivity contribution in [2.45, 2.75) is 155 Å². The van der Waals surface area contributed by atoms with E-state index in [1.165, 1.54) is 77.0 Å². The molecule has 0 heterocycles. The molecule has 4 nitrogen and oxygen atoms in total. The molecule has 0 atom stereocenters. The van der Waals surface area contributed by atoms with Crippen molar-refractivity contribution in [1.29, 1.82) is 0 Å². The van der Waals surface area contributed by atoms with Gasteiger partial charge in [0.15, 0.2) is 0 Å². The van der Waals surface area contributed by atoms with Gasteiger partial charge >= 0.3 is 103 Å². The van der Waals surface area contributed by atoms with E-state index in [9.17, 15) is 19.8 Å². The number of carboxylic acid groups (broad SMARTS) is 2. The van der Waals surface area contributed by atoms with Gasteiger partial charge in [0.25, 0.3) is 0 Å². The maximum atomic E-state index is 11.7. The van der Waals surface area contributed by atoms with Gasteiger partial charge in [0.2, 0.25) is 0 Å². The molecular formula is C27H50K2O4. The largest absolute Gasteiger partial charge is 1.00 e. The summed E-state index contributed by atoms with van der Waals surface area (Å²) in [7, 11) is 0. The van der Waals surface area contributed by atoms with Crippen LogP contribution in [-0.2, 0) is 9.59 Å². The number of hydrogen-bond donors (Lipinski definition) is 0. The van der Waals surface area contributed by atoms with Gasteiger partial charge in [0.05, 0.1) is 11.9 Å². The summed E-state index contributed by atoms with van der Waals surface area (Å²) in [6, 6.07) is 0. The first-order chi connectivity index (χ1) is 15.0. The maximum Gasteiger partial charge on any atom is 1.00 e. The molecule has 0 aromatic carbocycles. The second-order valence-corrected chi connectivity index (χ2v) is 9.52. The molecule has 0 aromatic rings. The molecule has 0 saturated heterocycles. The van der Waals surface area contributed by atoms with E-state index < -0.39 is 17.4 Å². The number of carbonyl (C=O) groups excluding carboxylic acids is 2. The van der Waals surface area contributed by atoms with Crippen LogP contribution in [0.3, 0.4) is 0 Å². The van der Waals surface area contributed by atoms with Crippen molar-refractivity contribution in [1.82, 2.24) is 0 Å². The predicted molar refractivity (Wildman–Crippen MR) is 125 cm³/mol. The van der Waals surface area contributed by atoms with Crippen LogP contribution < -0.4 is 113 Å². The first-order valence-corrected chi connectivity index (χ1v) is 13.4. The van der Waals surface area contributed by atoms with E-state index in [1.807, 2.05) is 0 Å². The first-order valence-electron chi connectivity index (χ1n) is 13.4. The van der Waals surface area contributed by atoms with Gasteiger partial charge in [0, 0.05) is 5.41 Å². The number of carbonyl (C=O) groups is 2. The number of carboxylic acids is 2. The van der Waals surface area contributed by atoms with Crippen LogP contribution in [0.1, 0.15) is 155 Å². The molecule has 0 radical (unpaired) electrons. The zero-order valence-corrected chi connectivity index (χ0v) is 28.9. The van der Waals surface area contributed by atoms with Crippen molar-refractivity contribution < 1.29 is 123 Å². The molecule has 0 aliphatic carbocycles. The Morgan fingerprint density at radius 1 is 0.455 bits per heavy atom. The molecule has 0 aliphatic heterocycles. The van der Waals surface area contributed by atoms with Gasteiger partial charge in [-0.1, -0.05) is 142 Å². The Kier molecular flexibility index (Phi) is 34.6. The van der Waals surface area contributed by atoms with Crippen molar-refractivity contribution in [3.63, 3.8) is 0 Å². The maximum absolute atomic E-state index is 11.7. The minimum atomic E-state index is -1.81. The SMILES string of the molecule is CCCCCCCCCCCCC(CCCCCCCCCCCC)(C(=O)[O-])C(=O)[O-].[K+].[K+]. The summed E-state index contributed by atoms with van der Waals surface area (Å²) in [5.74, 6) is -2.92. The Bertz CT molecular complexity index is 404. The molecule has 33 heavy (non-hydrogen) atoms. The number of unbranched alkanes of at least 4 members (excludes halogenated alkanes) is 18. The van der Waals surface area contributed by atoms with Crippen molar-refractivity contribution in [3.05, 3.63) is 0 Å². The quantitative estimate of drug-likeness (QED) is 0.104. The van der Waals surface area contributed by atoms with E-state index >= 15 is 0 Å². The third-order valence-corrected chi connectivity index (χ3v) is 6.70. The Morgan fingerprint density at radius 2 is 0.667 bits per heavy atom. The Balaban J connectivity index is -0.00000450. The molecule has 0 aromatic heterocycles. The van der Waals surface area contributed by atoms with Crippen molar-refractivity contribution in [2.24, 2.45) is 5.41 Å². The van der Waals surface area contributed by atoms with Gasteiger partial charge in [0.1, 0.15) is 0 Å². The van der Waals surface area contributed by atoms with E-state index in [4.69, 9.17) is 0 Å². The topological polar surface area (TPSA) is 80.3 Å². The molecule has 0 N–H and O–H groups in total. The summed E-state index contributed by atoms with van der Waals surface area (Å²) in [6.07, 6.45) is 23.0. The third kappa shape index (κ3) is 22.0. The van der Waals surface area contributed by atoms with Crippen LogP contribution in [0.4, 0.5) is 0 Å². The monoisotopic (exact) mass is 516 g/mol. The van der Waals surface area contributed by atoms with E-state index in [0.29, 0.717) is 12.8 Å². The normalized spacial score (nSPS) is 11.0. The average Bonchev–Trinajstić information content (AvgIpc) is 2.74. The van der Waals surface area contributed by atoms with Crippen LogP contribution in [0.5, 0.6) is 0 Å². The average molecular weight is 517 g/mol. The number of aliphatic carboxylic acids is 2. The first kappa shape index (κ1) is 39.7. The number of rotatable bonds is 24. The van der Waals surface area contributed by atoms with Crippen molar-refractivity contribution in [2.75, 3.05) is 0 Å². The molecule has 0 saturated carbocycles. The zero-order valence-electron chi connectivity index (χ0n) is 22.7. The molecule has 0 amide bonds. The minimum absolute atomic E-state index is 0. The predicted octanol–water partition coefficient (Wildman–Crippen LogP) is 0.103. The Morgan fingerprint density at radius 3 is 0.879 bits per heavy atom. The smallest absolute Gasteiger partial charge is 0.549 e.